The molecule has 3 unspecified atom stereocenters. The highest BCUT2D eigenvalue weighted by Gasteiger charge is 2.21. The Kier molecular flexibility index (Phi) is 36.2. The third-order valence-corrected chi connectivity index (χ3v) is 9.58. The number of rotatable bonds is 37. The molecule has 0 rings (SSSR count). The number of aliphatic hydroxyl groups excluding tert-OH is 3. The number of carbonyl (C=O) groups excluding carboxylic acids is 1. The molecule has 3 atom stereocenters. The molecule has 4 N–H and O–H groups in total. The van der Waals surface area contributed by atoms with E-state index in [-0.39, 0.29) is 18.9 Å². The van der Waals surface area contributed by atoms with E-state index in [2.05, 4.69) is 31.3 Å². The van der Waals surface area contributed by atoms with Crippen LogP contribution in [0.1, 0.15) is 219 Å². The third kappa shape index (κ3) is 33.0. The number of aliphatic hydroxyl groups is 3. The summed E-state index contributed by atoms with van der Waals surface area (Å²) >= 11 is 0. The standard InChI is InChI=1S/C41H81NO4/c1-3-5-7-9-11-13-15-17-18-19-20-21-23-25-27-29-31-33-35-40(45)39(37-43)42-41(46)36-38(44)34-32-30-28-26-24-22-16-14-12-10-8-6-4-2/h14,16,38-40,43-45H,3-13,15,17-37H2,1-2H3,(H,42,46)/b16-14-. The molecule has 0 saturated carbocycles. The second-order valence-corrected chi connectivity index (χ2v) is 14.2. The summed E-state index contributed by atoms with van der Waals surface area (Å²) in [5.74, 6) is -0.287. The van der Waals surface area contributed by atoms with Crippen molar-refractivity contribution < 1.29 is 20.1 Å². The Hall–Kier alpha value is -0.910. The smallest absolute Gasteiger partial charge is 0.222 e. The van der Waals surface area contributed by atoms with Crippen molar-refractivity contribution in [3.63, 3.8) is 0 Å². The minimum atomic E-state index is -0.747. The lowest BCUT2D eigenvalue weighted by molar-refractivity contribution is -0.125. The van der Waals surface area contributed by atoms with Crippen molar-refractivity contribution in [3.8, 4) is 0 Å². The molecule has 5 nitrogen and oxygen atoms in total. The fourth-order valence-corrected chi connectivity index (χ4v) is 6.40. The highest BCUT2D eigenvalue weighted by molar-refractivity contribution is 5.76. The highest BCUT2D eigenvalue weighted by Crippen LogP contribution is 2.16. The van der Waals surface area contributed by atoms with Gasteiger partial charge in [-0.05, 0) is 38.5 Å². The van der Waals surface area contributed by atoms with Crippen LogP contribution in [0.25, 0.3) is 0 Å². The highest BCUT2D eigenvalue weighted by atomic mass is 16.3. The molecule has 0 fully saturated rings. The van der Waals surface area contributed by atoms with Gasteiger partial charge < -0.3 is 20.6 Å². The van der Waals surface area contributed by atoms with Crippen LogP contribution in [0.5, 0.6) is 0 Å². The zero-order valence-corrected chi connectivity index (χ0v) is 31.0. The van der Waals surface area contributed by atoms with Crippen molar-refractivity contribution in [3.05, 3.63) is 12.2 Å². The Morgan fingerprint density at radius 3 is 1.28 bits per heavy atom. The van der Waals surface area contributed by atoms with Crippen LogP contribution in [0.4, 0.5) is 0 Å². The number of hydrogen-bond acceptors (Lipinski definition) is 4. The van der Waals surface area contributed by atoms with E-state index in [4.69, 9.17) is 0 Å². The lowest BCUT2D eigenvalue weighted by Crippen LogP contribution is -2.46. The first-order valence-corrected chi connectivity index (χ1v) is 20.5. The average molecular weight is 652 g/mol. The van der Waals surface area contributed by atoms with Crippen molar-refractivity contribution in [1.29, 1.82) is 0 Å². The first-order chi connectivity index (χ1) is 22.5. The molecule has 0 heterocycles. The number of unbranched alkanes of at least 4 members (excludes halogenated alkanes) is 26. The monoisotopic (exact) mass is 652 g/mol. The van der Waals surface area contributed by atoms with Gasteiger partial charge in [-0.2, -0.15) is 0 Å². The molecule has 0 saturated heterocycles. The summed E-state index contributed by atoms with van der Waals surface area (Å²) in [6.07, 6.45) is 41.7. The summed E-state index contributed by atoms with van der Waals surface area (Å²) in [5, 5.41) is 33.3. The van der Waals surface area contributed by atoms with E-state index in [9.17, 15) is 20.1 Å². The van der Waals surface area contributed by atoms with E-state index in [1.807, 2.05) is 0 Å². The minimum Gasteiger partial charge on any atom is -0.394 e. The number of hydrogen-bond donors (Lipinski definition) is 4. The van der Waals surface area contributed by atoms with Crippen LogP contribution in [0, 0.1) is 0 Å². The maximum atomic E-state index is 12.4. The van der Waals surface area contributed by atoms with Gasteiger partial charge in [0.2, 0.25) is 5.91 Å². The summed E-state index contributed by atoms with van der Waals surface area (Å²) in [4.78, 5) is 12.4. The first-order valence-electron chi connectivity index (χ1n) is 20.5. The molecule has 0 aliphatic rings. The summed E-state index contributed by atoms with van der Waals surface area (Å²) in [7, 11) is 0. The fourth-order valence-electron chi connectivity index (χ4n) is 6.40. The van der Waals surface area contributed by atoms with Crippen molar-refractivity contribution >= 4 is 5.91 Å². The summed E-state index contributed by atoms with van der Waals surface area (Å²) in [6, 6.07) is -0.657. The predicted molar refractivity (Wildman–Crippen MR) is 199 cm³/mol. The first kappa shape index (κ1) is 45.1. The van der Waals surface area contributed by atoms with Gasteiger partial charge in [-0.25, -0.2) is 0 Å². The lowest BCUT2D eigenvalue weighted by Gasteiger charge is -2.23. The molecule has 274 valence electrons. The molecule has 0 aromatic carbocycles. The van der Waals surface area contributed by atoms with Crippen LogP contribution < -0.4 is 5.32 Å². The van der Waals surface area contributed by atoms with Gasteiger partial charge >= 0.3 is 0 Å². The Bertz CT molecular complexity index is 640. The Morgan fingerprint density at radius 2 is 0.870 bits per heavy atom. The SMILES string of the molecule is CCCCCC/C=C\CCCCCCCC(O)CC(=O)NC(CO)C(O)CCCCCCCCCCCCCCCCCCCC. The largest absolute Gasteiger partial charge is 0.394 e. The molecule has 5 heteroatoms. The predicted octanol–water partition coefficient (Wildman–Crippen LogP) is 11.3. The van der Waals surface area contributed by atoms with Crippen molar-refractivity contribution in [2.45, 2.75) is 238 Å². The second kappa shape index (κ2) is 36.9. The molecular formula is C41H81NO4. The van der Waals surface area contributed by atoms with Crippen LogP contribution in [0.3, 0.4) is 0 Å². The van der Waals surface area contributed by atoms with E-state index in [0.29, 0.717) is 12.8 Å². The molecule has 46 heavy (non-hydrogen) atoms. The average Bonchev–Trinajstić information content (AvgIpc) is 3.05. The minimum absolute atomic E-state index is 0.0332. The van der Waals surface area contributed by atoms with Gasteiger partial charge in [-0.3, -0.25) is 4.79 Å². The van der Waals surface area contributed by atoms with Gasteiger partial charge in [0.05, 0.1) is 31.3 Å². The second-order valence-electron chi connectivity index (χ2n) is 14.2. The van der Waals surface area contributed by atoms with Crippen molar-refractivity contribution in [1.82, 2.24) is 5.32 Å². The molecule has 0 bridgehead atoms. The quantitative estimate of drug-likeness (QED) is 0.0397. The van der Waals surface area contributed by atoms with Crippen LogP contribution >= 0.6 is 0 Å². The Morgan fingerprint density at radius 1 is 0.522 bits per heavy atom. The molecule has 0 aromatic rings. The van der Waals surface area contributed by atoms with Gasteiger partial charge in [0, 0.05) is 0 Å². The molecule has 0 spiro atoms. The van der Waals surface area contributed by atoms with E-state index in [1.165, 1.54) is 154 Å². The normalized spacial score (nSPS) is 13.8. The van der Waals surface area contributed by atoms with Gasteiger partial charge in [-0.15, -0.1) is 0 Å². The third-order valence-electron chi connectivity index (χ3n) is 9.58. The molecule has 0 aliphatic heterocycles. The van der Waals surface area contributed by atoms with Gasteiger partial charge in [0.1, 0.15) is 0 Å². The van der Waals surface area contributed by atoms with Crippen molar-refractivity contribution in [2.75, 3.05) is 6.61 Å². The number of amides is 1. The lowest BCUT2D eigenvalue weighted by atomic mass is 10.0. The molecule has 0 radical (unpaired) electrons. The summed E-state index contributed by atoms with van der Waals surface area (Å²) in [5.41, 5.74) is 0. The van der Waals surface area contributed by atoms with E-state index in [0.717, 1.165) is 32.1 Å². The maximum absolute atomic E-state index is 12.4. The van der Waals surface area contributed by atoms with Gasteiger partial charge in [0.15, 0.2) is 0 Å². The fraction of sp³-hybridized carbons (Fsp3) is 0.927. The van der Waals surface area contributed by atoms with Crippen molar-refractivity contribution in [2.24, 2.45) is 0 Å². The van der Waals surface area contributed by atoms with Crippen LogP contribution in [-0.4, -0.2) is 46.1 Å². The summed E-state index contributed by atoms with van der Waals surface area (Å²) in [6.45, 7) is 4.25. The number of allylic oxidation sites excluding steroid dienone is 2. The van der Waals surface area contributed by atoms with E-state index >= 15 is 0 Å². The molecule has 0 aromatic heterocycles. The van der Waals surface area contributed by atoms with Crippen LogP contribution in [0.15, 0.2) is 12.2 Å². The Balaban J connectivity index is 3.63. The zero-order chi connectivity index (χ0) is 33.8. The number of carbonyl (C=O) groups is 1. The number of nitrogens with one attached hydrogen (secondary N) is 1. The maximum Gasteiger partial charge on any atom is 0.222 e. The van der Waals surface area contributed by atoms with Crippen LogP contribution in [0.2, 0.25) is 0 Å². The van der Waals surface area contributed by atoms with Crippen LogP contribution in [-0.2, 0) is 4.79 Å². The molecular weight excluding hydrogens is 570 g/mol. The molecule has 1 amide bonds. The van der Waals surface area contributed by atoms with Gasteiger partial charge in [0.25, 0.3) is 0 Å². The summed E-state index contributed by atoms with van der Waals surface area (Å²) < 4.78 is 0. The Labute approximate surface area is 287 Å². The zero-order valence-electron chi connectivity index (χ0n) is 31.0. The molecule has 0 aliphatic carbocycles. The van der Waals surface area contributed by atoms with Gasteiger partial charge in [-0.1, -0.05) is 187 Å². The van der Waals surface area contributed by atoms with E-state index in [1.54, 1.807) is 0 Å². The topological polar surface area (TPSA) is 89.8 Å². The van der Waals surface area contributed by atoms with E-state index < -0.39 is 18.2 Å².